The minimum atomic E-state index is 0.332. The van der Waals surface area contributed by atoms with Gasteiger partial charge in [0.05, 0.1) is 37.1 Å². The van der Waals surface area contributed by atoms with E-state index in [-0.39, 0.29) is 0 Å². The summed E-state index contributed by atoms with van der Waals surface area (Å²) in [6.07, 6.45) is 6.21. The summed E-state index contributed by atoms with van der Waals surface area (Å²) >= 11 is 12.1. The minimum absolute atomic E-state index is 0.332. The lowest BCUT2D eigenvalue weighted by Gasteiger charge is -2.07. The number of halogens is 2. The lowest BCUT2D eigenvalue weighted by atomic mass is 10.3. The van der Waals surface area contributed by atoms with Gasteiger partial charge in [-0.25, -0.2) is 29.9 Å². The molecule has 0 radical (unpaired) electrons. The second kappa shape index (κ2) is 6.77. The van der Waals surface area contributed by atoms with Crippen LogP contribution in [0, 0.1) is 0 Å². The van der Waals surface area contributed by atoms with E-state index in [4.69, 9.17) is 28.2 Å². The molecule has 0 unspecified atom stereocenters. The molecule has 0 N–H and O–H groups in total. The van der Waals surface area contributed by atoms with E-state index >= 15 is 0 Å². The van der Waals surface area contributed by atoms with Gasteiger partial charge in [0.25, 0.3) is 0 Å². The molecule has 0 bridgehead atoms. The van der Waals surface area contributed by atoms with Gasteiger partial charge in [-0.2, -0.15) is 0 Å². The topological polar surface area (TPSA) is 100 Å². The molecule has 0 fully saturated rings. The van der Waals surface area contributed by atoms with Crippen molar-refractivity contribution in [2.24, 2.45) is 0 Å². The fraction of sp³-hybridized carbons (Fsp3) is 0.118. The van der Waals surface area contributed by atoms with E-state index in [0.717, 1.165) is 11.4 Å². The zero-order valence-corrected chi connectivity index (χ0v) is 15.7. The van der Waals surface area contributed by atoms with Gasteiger partial charge in [0.1, 0.15) is 23.7 Å². The highest BCUT2D eigenvalue weighted by molar-refractivity contribution is 6.33. The van der Waals surface area contributed by atoms with Crippen molar-refractivity contribution in [2.75, 3.05) is 0 Å². The van der Waals surface area contributed by atoms with Gasteiger partial charge in [-0.15, -0.1) is 0 Å². The fourth-order valence-corrected chi connectivity index (χ4v) is 3.34. The molecule has 0 atom stereocenters. The van der Waals surface area contributed by atoms with Gasteiger partial charge < -0.3 is 9.13 Å². The third-order valence-electron chi connectivity index (χ3n) is 4.24. The lowest BCUT2D eigenvalue weighted by Crippen LogP contribution is -2.06. The van der Waals surface area contributed by atoms with Crippen LogP contribution >= 0.6 is 23.2 Å². The molecule has 0 spiro atoms. The highest BCUT2D eigenvalue weighted by Crippen LogP contribution is 2.19. The minimum Gasteiger partial charge on any atom is -0.309 e. The third-order valence-corrected chi connectivity index (χ3v) is 4.80. The summed E-state index contributed by atoms with van der Waals surface area (Å²) < 4.78 is 3.77. The highest BCUT2D eigenvalue weighted by Gasteiger charge is 2.11. The Kier molecular flexibility index (Phi) is 4.10. The second-order valence-electron chi connectivity index (χ2n) is 6.04. The first-order chi connectivity index (χ1) is 13.7. The Morgan fingerprint density at radius 1 is 0.679 bits per heavy atom. The van der Waals surface area contributed by atoms with E-state index in [1.54, 1.807) is 12.7 Å². The Balaban J connectivity index is 1.44. The SMILES string of the molecule is Clc1ncnc2c1ncn2Cc1cccc(Cn2cnc3c(Cl)ncnc32)n1. The predicted octanol–water partition coefficient (Wildman–Crippen LogP) is 2.76. The molecule has 0 aliphatic heterocycles. The van der Waals surface area contributed by atoms with E-state index in [0.29, 0.717) is 45.7 Å². The van der Waals surface area contributed by atoms with E-state index < -0.39 is 0 Å². The smallest absolute Gasteiger partial charge is 0.165 e. The molecule has 11 heteroatoms. The van der Waals surface area contributed by atoms with E-state index in [2.05, 4.69) is 29.9 Å². The molecular weight excluding hydrogens is 401 g/mol. The van der Waals surface area contributed by atoms with Crippen molar-refractivity contribution < 1.29 is 0 Å². The van der Waals surface area contributed by atoms with Crippen molar-refractivity contribution in [2.45, 2.75) is 13.1 Å². The van der Waals surface area contributed by atoms with Crippen molar-refractivity contribution in [1.82, 2.24) is 44.0 Å². The molecule has 0 aromatic carbocycles. The predicted molar refractivity (Wildman–Crippen MR) is 103 cm³/mol. The van der Waals surface area contributed by atoms with Crippen molar-refractivity contribution in [3.63, 3.8) is 0 Å². The van der Waals surface area contributed by atoms with Crippen LogP contribution in [0.25, 0.3) is 22.3 Å². The third kappa shape index (κ3) is 2.94. The molecule has 5 aromatic rings. The number of rotatable bonds is 4. The summed E-state index contributed by atoms with van der Waals surface area (Å²) in [6, 6.07) is 5.85. The fourth-order valence-electron chi connectivity index (χ4n) is 2.99. The molecule has 0 amide bonds. The van der Waals surface area contributed by atoms with Gasteiger partial charge in [0.2, 0.25) is 0 Å². The Hall–Kier alpha value is -3.17. The maximum absolute atomic E-state index is 6.07. The number of pyridine rings is 1. The number of fused-ring (bicyclic) bond motifs is 2. The largest absolute Gasteiger partial charge is 0.309 e. The van der Waals surface area contributed by atoms with Gasteiger partial charge in [-0.1, -0.05) is 29.3 Å². The summed E-state index contributed by atoms with van der Waals surface area (Å²) in [4.78, 5) is 29.7. The normalized spacial score (nSPS) is 11.5. The summed E-state index contributed by atoms with van der Waals surface area (Å²) in [5.74, 6) is 0. The van der Waals surface area contributed by atoms with Crippen LogP contribution in [0.2, 0.25) is 10.3 Å². The summed E-state index contributed by atoms with van der Waals surface area (Å²) in [7, 11) is 0. The first kappa shape index (κ1) is 17.0. The van der Waals surface area contributed by atoms with Gasteiger partial charge in [-0.3, -0.25) is 4.98 Å². The molecule has 28 heavy (non-hydrogen) atoms. The van der Waals surface area contributed by atoms with Crippen LogP contribution in [-0.2, 0) is 13.1 Å². The van der Waals surface area contributed by atoms with E-state index in [9.17, 15) is 0 Å². The van der Waals surface area contributed by atoms with Crippen LogP contribution in [-0.4, -0.2) is 44.0 Å². The Morgan fingerprint density at radius 3 is 1.68 bits per heavy atom. The van der Waals surface area contributed by atoms with Crippen LogP contribution in [0.5, 0.6) is 0 Å². The number of hydrogen-bond acceptors (Lipinski definition) is 7. The summed E-state index contributed by atoms with van der Waals surface area (Å²) in [6.45, 7) is 1.02. The lowest BCUT2D eigenvalue weighted by molar-refractivity contribution is 0.748. The molecule has 0 aliphatic carbocycles. The van der Waals surface area contributed by atoms with E-state index in [1.807, 2.05) is 27.3 Å². The van der Waals surface area contributed by atoms with Gasteiger partial charge in [0.15, 0.2) is 21.6 Å². The molecule has 5 aromatic heterocycles. The maximum atomic E-state index is 6.07. The van der Waals surface area contributed by atoms with Crippen LogP contribution in [0.4, 0.5) is 0 Å². The Morgan fingerprint density at radius 2 is 1.18 bits per heavy atom. The molecule has 9 nitrogen and oxygen atoms in total. The number of nitrogens with zero attached hydrogens (tertiary/aromatic N) is 9. The van der Waals surface area contributed by atoms with Gasteiger partial charge in [-0.05, 0) is 12.1 Å². The standard InChI is InChI=1S/C17H11Cl2N9/c18-14-12-16(22-6-20-14)27(8-24-12)4-10-2-1-3-11(26-10)5-28-9-25-13-15(19)21-7-23-17(13)28/h1-3,6-9H,4-5H2. The molecule has 138 valence electrons. The molecule has 5 rings (SSSR count). The molecule has 0 saturated carbocycles. The Bertz CT molecular complexity index is 1210. The van der Waals surface area contributed by atoms with Crippen molar-refractivity contribution in [3.8, 4) is 0 Å². The average Bonchev–Trinajstić information content (AvgIpc) is 3.29. The molecule has 0 saturated heterocycles. The van der Waals surface area contributed by atoms with Gasteiger partial charge >= 0.3 is 0 Å². The maximum Gasteiger partial charge on any atom is 0.165 e. The number of aromatic nitrogens is 9. The first-order valence-corrected chi connectivity index (χ1v) is 9.02. The van der Waals surface area contributed by atoms with Crippen LogP contribution in [0.15, 0.2) is 43.5 Å². The molecule has 0 aliphatic rings. The summed E-state index contributed by atoms with van der Waals surface area (Å²) in [5.41, 5.74) is 4.20. The van der Waals surface area contributed by atoms with Crippen molar-refractivity contribution in [1.29, 1.82) is 0 Å². The zero-order valence-electron chi connectivity index (χ0n) is 14.2. The van der Waals surface area contributed by atoms with Crippen LogP contribution in [0.1, 0.15) is 11.4 Å². The van der Waals surface area contributed by atoms with Gasteiger partial charge in [0, 0.05) is 0 Å². The number of hydrogen-bond donors (Lipinski definition) is 0. The monoisotopic (exact) mass is 411 g/mol. The Labute approximate surface area is 168 Å². The number of imidazole rings is 2. The highest BCUT2D eigenvalue weighted by atomic mass is 35.5. The molecule has 5 heterocycles. The zero-order chi connectivity index (χ0) is 19.1. The van der Waals surface area contributed by atoms with E-state index in [1.165, 1.54) is 12.7 Å². The first-order valence-electron chi connectivity index (χ1n) is 8.26. The van der Waals surface area contributed by atoms with Crippen molar-refractivity contribution in [3.05, 3.63) is 65.2 Å². The molecular formula is C17H11Cl2N9. The average molecular weight is 412 g/mol. The second-order valence-corrected chi connectivity index (χ2v) is 6.75. The van der Waals surface area contributed by atoms with Crippen molar-refractivity contribution >= 4 is 45.5 Å². The quantitative estimate of drug-likeness (QED) is 0.419. The van der Waals surface area contributed by atoms with Crippen LogP contribution < -0.4 is 0 Å². The van der Waals surface area contributed by atoms with Crippen LogP contribution in [0.3, 0.4) is 0 Å². The summed E-state index contributed by atoms with van der Waals surface area (Å²) in [5, 5.41) is 0.663.